The third-order valence-electron chi connectivity index (χ3n) is 5.23. The third-order valence-corrected chi connectivity index (χ3v) is 5.23. The molecule has 0 N–H and O–H groups in total. The van der Waals surface area contributed by atoms with Gasteiger partial charge >= 0.3 is 12.1 Å². The molecular formula is C23H42F4O3. The first-order chi connectivity index (χ1) is 14.2. The zero-order chi connectivity index (χ0) is 22.8. The Morgan fingerprint density at radius 2 is 1.40 bits per heavy atom. The molecule has 3 atom stereocenters. The van der Waals surface area contributed by atoms with Crippen LogP contribution in [0, 0.1) is 5.92 Å². The van der Waals surface area contributed by atoms with Gasteiger partial charge in [-0.2, -0.15) is 13.2 Å². The summed E-state index contributed by atoms with van der Waals surface area (Å²) < 4.78 is 61.6. The minimum absolute atomic E-state index is 0.0136. The van der Waals surface area contributed by atoms with Crippen LogP contribution in [0.25, 0.3) is 0 Å². The lowest BCUT2D eigenvalue weighted by Gasteiger charge is -2.23. The molecule has 7 heteroatoms. The van der Waals surface area contributed by atoms with E-state index in [1.807, 2.05) is 6.92 Å². The van der Waals surface area contributed by atoms with E-state index in [2.05, 4.69) is 6.92 Å². The van der Waals surface area contributed by atoms with Gasteiger partial charge in [0.1, 0.15) is 12.8 Å². The minimum atomic E-state index is -4.48. The highest BCUT2D eigenvalue weighted by molar-refractivity contribution is 5.71. The van der Waals surface area contributed by atoms with Crippen LogP contribution in [-0.4, -0.2) is 37.6 Å². The molecule has 0 bridgehead atoms. The highest BCUT2D eigenvalue weighted by Crippen LogP contribution is 2.23. The largest absolute Gasteiger partial charge is 0.465 e. The number of rotatable bonds is 19. The maximum absolute atomic E-state index is 14.4. The van der Waals surface area contributed by atoms with Gasteiger partial charge in [-0.3, -0.25) is 4.79 Å². The third kappa shape index (κ3) is 16.9. The van der Waals surface area contributed by atoms with Crippen LogP contribution in [0.2, 0.25) is 0 Å². The van der Waals surface area contributed by atoms with Crippen molar-refractivity contribution in [3.8, 4) is 0 Å². The summed E-state index contributed by atoms with van der Waals surface area (Å²) in [6.45, 7) is 4.66. The van der Waals surface area contributed by atoms with E-state index < -0.39 is 31.0 Å². The molecule has 0 fully saturated rings. The Kier molecular flexibility index (Phi) is 17.3. The van der Waals surface area contributed by atoms with Gasteiger partial charge in [0.15, 0.2) is 0 Å². The van der Waals surface area contributed by atoms with E-state index in [-0.39, 0.29) is 25.2 Å². The fraction of sp³-hybridized carbons (Fsp3) is 0.957. The van der Waals surface area contributed by atoms with Crippen LogP contribution >= 0.6 is 0 Å². The van der Waals surface area contributed by atoms with E-state index in [0.29, 0.717) is 13.0 Å². The average molecular weight is 443 g/mol. The number of halogens is 4. The summed E-state index contributed by atoms with van der Waals surface area (Å²) in [5, 5.41) is 0. The van der Waals surface area contributed by atoms with E-state index in [1.54, 1.807) is 6.92 Å². The molecule has 0 radical (unpaired) electrons. The van der Waals surface area contributed by atoms with Gasteiger partial charge in [0.2, 0.25) is 0 Å². The molecule has 0 aromatic heterocycles. The first-order valence-electron chi connectivity index (χ1n) is 11.7. The van der Waals surface area contributed by atoms with Crippen molar-refractivity contribution in [3.63, 3.8) is 0 Å². The Balaban J connectivity index is 4.04. The molecule has 0 aliphatic carbocycles. The zero-order valence-electron chi connectivity index (χ0n) is 19.1. The second-order valence-electron chi connectivity index (χ2n) is 8.24. The molecule has 0 amide bonds. The van der Waals surface area contributed by atoms with Gasteiger partial charge in [-0.25, -0.2) is 4.39 Å². The van der Waals surface area contributed by atoms with Crippen LogP contribution in [-0.2, 0) is 14.3 Å². The number of esters is 1. The molecule has 0 saturated carbocycles. The van der Waals surface area contributed by atoms with Gasteiger partial charge < -0.3 is 9.47 Å². The van der Waals surface area contributed by atoms with Crippen molar-refractivity contribution < 1.29 is 31.8 Å². The first kappa shape index (κ1) is 29.1. The highest BCUT2D eigenvalue weighted by Gasteiger charge is 2.32. The average Bonchev–Trinajstić information content (AvgIpc) is 2.69. The molecule has 30 heavy (non-hydrogen) atoms. The number of ether oxygens (including phenoxy) is 2. The fourth-order valence-electron chi connectivity index (χ4n) is 3.24. The maximum Gasteiger partial charge on any atom is 0.411 e. The Labute approximate surface area is 180 Å². The molecule has 0 heterocycles. The van der Waals surface area contributed by atoms with Gasteiger partial charge in [0.25, 0.3) is 0 Å². The van der Waals surface area contributed by atoms with Gasteiger partial charge in [0.05, 0.1) is 18.6 Å². The second kappa shape index (κ2) is 17.8. The van der Waals surface area contributed by atoms with Crippen LogP contribution in [0.3, 0.4) is 0 Å². The Bertz CT molecular complexity index is 416. The molecular weight excluding hydrogens is 400 g/mol. The fourth-order valence-corrected chi connectivity index (χ4v) is 3.24. The normalized spacial score (nSPS) is 15.0. The van der Waals surface area contributed by atoms with Crippen LogP contribution in [0.4, 0.5) is 17.6 Å². The van der Waals surface area contributed by atoms with Gasteiger partial charge in [-0.05, 0) is 25.7 Å². The lowest BCUT2D eigenvalue weighted by atomic mass is 9.98. The van der Waals surface area contributed by atoms with Crippen molar-refractivity contribution in [3.05, 3.63) is 0 Å². The predicted octanol–water partition coefficient (Wildman–Crippen LogP) is 7.56. The van der Waals surface area contributed by atoms with Gasteiger partial charge in [-0.15, -0.1) is 0 Å². The van der Waals surface area contributed by atoms with E-state index >= 15 is 0 Å². The molecule has 180 valence electrons. The topological polar surface area (TPSA) is 35.5 Å². The number of hydrogen-bond acceptors (Lipinski definition) is 3. The SMILES string of the molecule is CCCCCCCCCCOC(=O)C(C)CCC(F)C(CCCC)OCC(F)(F)F. The first-order valence-corrected chi connectivity index (χ1v) is 11.7. The summed E-state index contributed by atoms with van der Waals surface area (Å²) in [7, 11) is 0. The monoisotopic (exact) mass is 442 g/mol. The minimum Gasteiger partial charge on any atom is -0.465 e. The molecule has 3 unspecified atom stereocenters. The van der Waals surface area contributed by atoms with E-state index in [1.165, 1.54) is 32.1 Å². The molecule has 0 aromatic rings. The summed E-state index contributed by atoms with van der Waals surface area (Å²) >= 11 is 0. The maximum atomic E-state index is 14.4. The quantitative estimate of drug-likeness (QED) is 0.118. The predicted molar refractivity (Wildman–Crippen MR) is 112 cm³/mol. The standard InChI is InChI=1S/C23H42F4O3/c1-4-6-8-9-10-11-12-13-17-29-22(28)19(3)15-16-20(24)21(14-7-5-2)30-18-23(25,26)27/h19-21H,4-18H2,1-3H3. The number of alkyl halides is 4. The Morgan fingerprint density at radius 1 is 0.833 bits per heavy atom. The second-order valence-corrected chi connectivity index (χ2v) is 8.24. The molecule has 0 rings (SSSR count). The lowest BCUT2D eigenvalue weighted by molar-refractivity contribution is -0.192. The number of carbonyl (C=O) groups is 1. The summed E-state index contributed by atoms with van der Waals surface area (Å²) in [6.07, 6.45) is 3.94. The summed E-state index contributed by atoms with van der Waals surface area (Å²) in [5.74, 6) is -0.849. The van der Waals surface area contributed by atoms with Crippen molar-refractivity contribution in [1.29, 1.82) is 0 Å². The van der Waals surface area contributed by atoms with Crippen molar-refractivity contribution in [2.45, 2.75) is 123 Å². The van der Waals surface area contributed by atoms with Crippen molar-refractivity contribution in [2.75, 3.05) is 13.2 Å². The van der Waals surface area contributed by atoms with Crippen molar-refractivity contribution in [2.24, 2.45) is 5.92 Å². The smallest absolute Gasteiger partial charge is 0.411 e. The van der Waals surface area contributed by atoms with E-state index in [0.717, 1.165) is 25.7 Å². The van der Waals surface area contributed by atoms with Crippen LogP contribution in [0.15, 0.2) is 0 Å². The van der Waals surface area contributed by atoms with Crippen LogP contribution < -0.4 is 0 Å². The Morgan fingerprint density at radius 3 is 1.97 bits per heavy atom. The molecule has 0 saturated heterocycles. The molecule has 0 spiro atoms. The number of unbranched alkanes of at least 4 members (excludes halogenated alkanes) is 8. The van der Waals surface area contributed by atoms with Gasteiger partial charge in [-0.1, -0.05) is 78.6 Å². The van der Waals surface area contributed by atoms with Crippen LogP contribution in [0.1, 0.15) is 104 Å². The molecule has 0 aromatic carbocycles. The summed E-state index contributed by atoms with van der Waals surface area (Å²) in [5.41, 5.74) is 0. The number of carbonyl (C=O) groups excluding carboxylic acids is 1. The summed E-state index contributed by atoms with van der Waals surface area (Å²) in [6, 6.07) is 0. The molecule has 0 aliphatic rings. The van der Waals surface area contributed by atoms with Gasteiger partial charge in [0, 0.05) is 0 Å². The van der Waals surface area contributed by atoms with E-state index in [4.69, 9.17) is 9.47 Å². The molecule has 0 aliphatic heterocycles. The lowest BCUT2D eigenvalue weighted by Crippen LogP contribution is -2.31. The van der Waals surface area contributed by atoms with E-state index in [9.17, 15) is 22.4 Å². The zero-order valence-corrected chi connectivity index (χ0v) is 19.1. The van der Waals surface area contributed by atoms with Crippen molar-refractivity contribution in [1.82, 2.24) is 0 Å². The van der Waals surface area contributed by atoms with Crippen LogP contribution in [0.5, 0.6) is 0 Å². The Hall–Kier alpha value is -0.850. The number of hydrogen-bond donors (Lipinski definition) is 0. The van der Waals surface area contributed by atoms with Crippen molar-refractivity contribution >= 4 is 5.97 Å². The summed E-state index contributed by atoms with van der Waals surface area (Å²) in [4.78, 5) is 12.0. The molecule has 3 nitrogen and oxygen atoms in total. The highest BCUT2D eigenvalue weighted by atomic mass is 19.4.